The van der Waals surface area contributed by atoms with Crippen molar-refractivity contribution < 1.29 is 30.6 Å². The zero-order chi connectivity index (χ0) is 20.3. The molecule has 0 aromatic rings. The summed E-state index contributed by atoms with van der Waals surface area (Å²) in [4.78, 5) is 0. The van der Waals surface area contributed by atoms with Crippen molar-refractivity contribution in [2.45, 2.75) is 76.2 Å². The lowest BCUT2D eigenvalue weighted by molar-refractivity contribution is -0.115. The molecule has 3 rings (SSSR count). The molecule has 6 nitrogen and oxygen atoms in total. The Labute approximate surface area is 160 Å². The highest BCUT2D eigenvalue weighted by Gasteiger charge is 2.32. The van der Waals surface area contributed by atoms with Crippen LogP contribution in [0.15, 0.2) is 47.6 Å². The molecule has 152 valence electrons. The first-order valence-corrected chi connectivity index (χ1v) is 9.47. The second-order valence-corrected chi connectivity index (χ2v) is 8.24. The van der Waals surface area contributed by atoms with Gasteiger partial charge in [-0.3, -0.25) is 0 Å². The lowest BCUT2D eigenvalue weighted by atomic mass is 9.73. The van der Waals surface area contributed by atoms with Gasteiger partial charge in [0.15, 0.2) is 11.6 Å². The van der Waals surface area contributed by atoms with Crippen LogP contribution in [0.25, 0.3) is 0 Å². The molecule has 0 amide bonds. The predicted molar refractivity (Wildman–Crippen MR) is 102 cm³/mol. The molecule has 0 aliphatic heterocycles. The van der Waals surface area contributed by atoms with Gasteiger partial charge in [-0.25, -0.2) is 0 Å². The Kier molecular flexibility index (Phi) is 6.84. The van der Waals surface area contributed by atoms with Gasteiger partial charge in [0.1, 0.15) is 0 Å². The van der Waals surface area contributed by atoms with Crippen molar-refractivity contribution in [3.05, 3.63) is 47.6 Å². The third-order valence-corrected chi connectivity index (χ3v) is 5.41. The third-order valence-electron chi connectivity index (χ3n) is 5.41. The molecule has 0 aromatic heterocycles. The Balaban J connectivity index is 0.000000273. The molecule has 0 radical (unpaired) electrons. The van der Waals surface area contributed by atoms with E-state index in [0.29, 0.717) is 0 Å². The molecule has 0 unspecified atom stereocenters. The van der Waals surface area contributed by atoms with Gasteiger partial charge in [-0.05, 0) is 49.0 Å². The van der Waals surface area contributed by atoms with Crippen LogP contribution in [0.5, 0.6) is 0 Å². The van der Waals surface area contributed by atoms with E-state index in [1.165, 1.54) is 12.2 Å². The van der Waals surface area contributed by atoms with Crippen LogP contribution < -0.4 is 0 Å². The number of aliphatic hydroxyl groups is 6. The van der Waals surface area contributed by atoms with Crippen molar-refractivity contribution in [3.63, 3.8) is 0 Å². The van der Waals surface area contributed by atoms with Crippen LogP contribution in [0.3, 0.4) is 0 Å². The van der Waals surface area contributed by atoms with E-state index < -0.39 is 11.6 Å². The largest absolute Gasteiger partial charge is 0.393 e. The Morgan fingerprint density at radius 1 is 0.741 bits per heavy atom. The number of hydrogen-bond acceptors (Lipinski definition) is 6. The first-order chi connectivity index (χ1) is 12.4. The molecule has 0 bridgehead atoms. The average Bonchev–Trinajstić information content (AvgIpc) is 2.57. The predicted octanol–water partition coefficient (Wildman–Crippen LogP) is 1.43. The van der Waals surface area contributed by atoms with E-state index in [9.17, 15) is 20.4 Å². The second-order valence-electron chi connectivity index (χ2n) is 8.24. The lowest BCUT2D eigenvalue weighted by Gasteiger charge is -2.34. The minimum Gasteiger partial charge on any atom is -0.393 e. The van der Waals surface area contributed by atoms with E-state index in [1.54, 1.807) is 24.3 Å². The van der Waals surface area contributed by atoms with Gasteiger partial charge in [-0.2, -0.15) is 0 Å². The summed E-state index contributed by atoms with van der Waals surface area (Å²) in [5.74, 6) is -3.52. The van der Waals surface area contributed by atoms with Crippen LogP contribution in [-0.4, -0.2) is 54.4 Å². The van der Waals surface area contributed by atoms with Crippen molar-refractivity contribution in [1.29, 1.82) is 0 Å². The van der Waals surface area contributed by atoms with Crippen LogP contribution in [0.4, 0.5) is 0 Å². The zero-order valence-electron chi connectivity index (χ0n) is 16.0. The van der Waals surface area contributed by atoms with Crippen molar-refractivity contribution in [2.24, 2.45) is 5.41 Å². The summed E-state index contributed by atoms with van der Waals surface area (Å²) < 4.78 is 0. The number of aliphatic hydroxyl groups excluding tert-OH is 2. The summed E-state index contributed by atoms with van der Waals surface area (Å²) in [5, 5.41) is 55.7. The van der Waals surface area contributed by atoms with Crippen LogP contribution in [0, 0.1) is 5.41 Å². The molecule has 3 aliphatic rings. The average molecular weight is 380 g/mol. The minimum atomic E-state index is -1.76. The first kappa shape index (κ1) is 22.0. The van der Waals surface area contributed by atoms with Gasteiger partial charge in [0.2, 0.25) is 0 Å². The van der Waals surface area contributed by atoms with Crippen molar-refractivity contribution in [3.8, 4) is 0 Å². The molecule has 1 saturated carbocycles. The van der Waals surface area contributed by atoms with Gasteiger partial charge in [0.05, 0.1) is 12.2 Å². The number of allylic oxidation sites excluding steroid dienone is 4. The highest BCUT2D eigenvalue weighted by molar-refractivity contribution is 5.43. The van der Waals surface area contributed by atoms with Crippen molar-refractivity contribution >= 4 is 0 Å². The molecule has 0 spiro atoms. The van der Waals surface area contributed by atoms with Gasteiger partial charge in [-0.1, -0.05) is 38.2 Å². The van der Waals surface area contributed by atoms with Gasteiger partial charge in [0, 0.05) is 18.3 Å². The first-order valence-electron chi connectivity index (χ1n) is 9.47. The van der Waals surface area contributed by atoms with Crippen molar-refractivity contribution in [1.82, 2.24) is 0 Å². The maximum atomic E-state index is 9.47. The third kappa shape index (κ3) is 6.38. The lowest BCUT2D eigenvalue weighted by Crippen LogP contribution is -2.30. The Bertz CT molecular complexity index is 577. The molecule has 3 aliphatic carbocycles. The summed E-state index contributed by atoms with van der Waals surface area (Å²) in [5.41, 5.74) is 1.64. The maximum absolute atomic E-state index is 9.47. The van der Waals surface area contributed by atoms with E-state index in [1.807, 2.05) is 13.8 Å². The standard InChI is InChI=1S/C15H20O4.C6H12O2/c1-13(2,11-3-7-14(16,17)8-4-11)12-5-9-15(18,19)10-6-12;7-5-1-2-6(8)4-3-5/h3-7,9,16-19H,8,10H2,1-2H3;5-8H,1-4H2. The van der Waals surface area contributed by atoms with Crippen LogP contribution in [0.1, 0.15) is 52.4 Å². The van der Waals surface area contributed by atoms with Gasteiger partial charge in [-0.15, -0.1) is 0 Å². The Hall–Kier alpha value is -1.28. The van der Waals surface area contributed by atoms with Gasteiger partial charge in [0.25, 0.3) is 0 Å². The highest BCUT2D eigenvalue weighted by atomic mass is 16.5. The second kappa shape index (κ2) is 8.39. The normalized spacial score (nSPS) is 29.3. The fourth-order valence-corrected chi connectivity index (χ4v) is 3.39. The topological polar surface area (TPSA) is 121 Å². The Morgan fingerprint density at radius 2 is 1.07 bits per heavy atom. The molecule has 1 fully saturated rings. The van der Waals surface area contributed by atoms with E-state index in [2.05, 4.69) is 0 Å². The monoisotopic (exact) mass is 380 g/mol. The van der Waals surface area contributed by atoms with Crippen LogP contribution in [-0.2, 0) is 0 Å². The molecule has 6 N–H and O–H groups in total. The summed E-state index contributed by atoms with van der Waals surface area (Å²) in [6, 6.07) is 0. The number of rotatable bonds is 2. The molecule has 6 heteroatoms. The summed E-state index contributed by atoms with van der Waals surface area (Å²) >= 11 is 0. The van der Waals surface area contributed by atoms with E-state index in [4.69, 9.17) is 10.2 Å². The minimum absolute atomic E-state index is 0.140. The van der Waals surface area contributed by atoms with Gasteiger partial charge < -0.3 is 30.6 Å². The SMILES string of the molecule is CC(C)(C1=CCC(O)(O)C=C1)C1=CCC(O)(O)C=C1.OC1CCC(O)CC1. The fourth-order valence-electron chi connectivity index (χ4n) is 3.39. The van der Waals surface area contributed by atoms with Crippen LogP contribution >= 0.6 is 0 Å². The fraction of sp³-hybridized carbons (Fsp3) is 0.619. The molecular formula is C21H32O6. The van der Waals surface area contributed by atoms with Crippen molar-refractivity contribution in [2.75, 3.05) is 0 Å². The highest BCUT2D eigenvalue weighted by Crippen LogP contribution is 2.41. The molecule has 0 saturated heterocycles. The molecule has 0 heterocycles. The van der Waals surface area contributed by atoms with Gasteiger partial charge >= 0.3 is 0 Å². The summed E-state index contributed by atoms with van der Waals surface area (Å²) in [7, 11) is 0. The van der Waals surface area contributed by atoms with E-state index in [-0.39, 0.29) is 30.5 Å². The van der Waals surface area contributed by atoms with E-state index in [0.717, 1.165) is 36.8 Å². The maximum Gasteiger partial charge on any atom is 0.186 e. The van der Waals surface area contributed by atoms with E-state index >= 15 is 0 Å². The molecular weight excluding hydrogens is 348 g/mol. The summed E-state index contributed by atoms with van der Waals surface area (Å²) in [6.45, 7) is 4.03. The molecule has 0 atom stereocenters. The smallest absolute Gasteiger partial charge is 0.186 e. The van der Waals surface area contributed by atoms with Crippen LogP contribution in [0.2, 0.25) is 0 Å². The molecule has 27 heavy (non-hydrogen) atoms. The molecule has 0 aromatic carbocycles. The summed E-state index contributed by atoms with van der Waals surface area (Å²) in [6.07, 6.45) is 12.9. The quantitative estimate of drug-likeness (QED) is 0.403. The Morgan fingerprint density at radius 3 is 1.33 bits per heavy atom. The number of hydrogen-bond donors (Lipinski definition) is 6. The zero-order valence-corrected chi connectivity index (χ0v) is 16.0.